The number of carbonyl (C=O) groups is 1. The lowest BCUT2D eigenvalue weighted by atomic mass is 9.82. The van der Waals surface area contributed by atoms with Gasteiger partial charge in [0.25, 0.3) is 5.91 Å². The monoisotopic (exact) mass is 632 g/mol. The molecule has 0 bridgehead atoms. The Bertz CT molecular complexity index is 1300. The smallest absolute Gasteiger partial charge is 0.264 e. The molecule has 1 saturated heterocycles. The maximum Gasteiger partial charge on any atom is 0.264 e. The van der Waals surface area contributed by atoms with Gasteiger partial charge < -0.3 is 19.5 Å². The maximum atomic E-state index is 14.3. The predicted molar refractivity (Wildman–Crippen MR) is 151 cm³/mol. The van der Waals surface area contributed by atoms with Gasteiger partial charge >= 0.3 is 0 Å². The number of anilines is 1. The van der Waals surface area contributed by atoms with Crippen molar-refractivity contribution in [3.63, 3.8) is 0 Å². The number of fused-ring (bicyclic) bond motifs is 2. The number of halogens is 1. The van der Waals surface area contributed by atoms with Crippen LogP contribution in [0.25, 0.3) is 0 Å². The molecule has 4 atom stereocenters. The van der Waals surface area contributed by atoms with Gasteiger partial charge in [-0.2, -0.15) is 0 Å². The molecule has 1 aromatic heterocycles. The maximum absolute atomic E-state index is 14.3. The molecule has 1 amide bonds. The van der Waals surface area contributed by atoms with Gasteiger partial charge in [0.1, 0.15) is 0 Å². The van der Waals surface area contributed by atoms with Crippen LogP contribution in [0.5, 0.6) is 0 Å². The third-order valence-electron chi connectivity index (χ3n) is 7.72. The molecule has 1 fully saturated rings. The first-order valence-electron chi connectivity index (χ1n) is 12.7. The number of para-hydroxylation sites is 1. The van der Waals surface area contributed by atoms with E-state index < -0.39 is 13.9 Å². The number of aliphatic hydroxyl groups excluding tert-OH is 1. The molecular weight excluding hydrogens is 599 g/mol. The molecule has 0 radical (unpaired) electrons. The van der Waals surface area contributed by atoms with Crippen molar-refractivity contribution in [1.29, 1.82) is 0 Å². The second-order valence-corrected chi connectivity index (χ2v) is 15.9. The fourth-order valence-electron chi connectivity index (χ4n) is 6.21. The molecule has 0 unspecified atom stereocenters. The highest BCUT2D eigenvalue weighted by Gasteiger charge is 2.66. The second kappa shape index (κ2) is 10.2. The van der Waals surface area contributed by atoms with Crippen LogP contribution in [0, 0.1) is 9.49 Å². The van der Waals surface area contributed by atoms with Crippen LogP contribution in [0.4, 0.5) is 5.69 Å². The van der Waals surface area contributed by atoms with Crippen LogP contribution < -0.4 is 4.90 Å². The number of hydrogen-bond acceptors (Lipinski definition) is 6. The SMILES string of the molecule is C[C@@H]1[C@@H]([Si](C)(C)O)[C@H](CCn2cc(CCO)nn2)O[C@@]12C(=O)N(Cc1cccc(I)c1)c1ccccc12. The molecule has 2 N–H and O–H groups in total. The molecule has 8 nitrogen and oxygen atoms in total. The Kier molecular flexibility index (Phi) is 7.31. The van der Waals surface area contributed by atoms with E-state index >= 15 is 0 Å². The largest absolute Gasteiger partial charge is 0.432 e. The highest BCUT2D eigenvalue weighted by molar-refractivity contribution is 14.1. The summed E-state index contributed by atoms with van der Waals surface area (Å²) in [7, 11) is -2.72. The van der Waals surface area contributed by atoms with E-state index in [-0.39, 0.29) is 30.1 Å². The first-order chi connectivity index (χ1) is 17.6. The Morgan fingerprint density at radius 2 is 1.97 bits per heavy atom. The lowest BCUT2D eigenvalue weighted by Crippen LogP contribution is -2.46. The first-order valence-corrected chi connectivity index (χ1v) is 16.8. The number of amides is 1. The fraction of sp³-hybridized carbons (Fsp3) is 0.444. The van der Waals surface area contributed by atoms with Crippen molar-refractivity contribution in [2.75, 3.05) is 11.5 Å². The molecule has 1 spiro atoms. The molecule has 2 aromatic carbocycles. The topological polar surface area (TPSA) is 101 Å². The minimum absolute atomic E-state index is 0.0248. The van der Waals surface area contributed by atoms with Crippen LogP contribution in [0.15, 0.2) is 54.7 Å². The van der Waals surface area contributed by atoms with Gasteiger partial charge in [-0.25, -0.2) is 0 Å². The summed E-state index contributed by atoms with van der Waals surface area (Å²) < 4.78 is 9.72. The van der Waals surface area contributed by atoms with Gasteiger partial charge in [0.2, 0.25) is 0 Å². The van der Waals surface area contributed by atoms with Gasteiger partial charge in [-0.3, -0.25) is 9.48 Å². The highest BCUT2D eigenvalue weighted by Crippen LogP contribution is 2.59. The number of hydrogen-bond donors (Lipinski definition) is 2. The number of aliphatic hydroxyl groups is 1. The summed E-state index contributed by atoms with van der Waals surface area (Å²) in [5.41, 5.74) is 2.29. The fourth-order valence-corrected chi connectivity index (χ4v) is 9.42. The second-order valence-electron chi connectivity index (χ2n) is 10.6. The van der Waals surface area contributed by atoms with Gasteiger partial charge in [-0.15, -0.1) is 5.10 Å². The van der Waals surface area contributed by atoms with E-state index in [4.69, 9.17) is 4.74 Å². The van der Waals surface area contributed by atoms with Crippen LogP contribution in [-0.2, 0) is 34.6 Å². The van der Waals surface area contributed by atoms with E-state index in [0.717, 1.165) is 26.1 Å². The molecule has 10 heteroatoms. The summed E-state index contributed by atoms with van der Waals surface area (Å²) in [5, 5.41) is 17.5. The van der Waals surface area contributed by atoms with Crippen LogP contribution in [0.2, 0.25) is 18.6 Å². The minimum Gasteiger partial charge on any atom is -0.432 e. The van der Waals surface area contributed by atoms with Crippen LogP contribution in [0.1, 0.15) is 30.2 Å². The summed E-state index contributed by atoms with van der Waals surface area (Å²) in [4.78, 5) is 27.6. The highest BCUT2D eigenvalue weighted by atomic mass is 127. The van der Waals surface area contributed by atoms with E-state index in [1.54, 1.807) is 4.68 Å². The van der Waals surface area contributed by atoms with E-state index in [2.05, 4.69) is 45.9 Å². The number of ether oxygens (including phenoxy) is 1. The number of benzene rings is 2. The molecule has 3 heterocycles. The van der Waals surface area contributed by atoms with Crippen molar-refractivity contribution >= 4 is 42.5 Å². The molecule has 196 valence electrons. The Morgan fingerprint density at radius 3 is 2.70 bits per heavy atom. The lowest BCUT2D eigenvalue weighted by Gasteiger charge is -2.32. The summed E-state index contributed by atoms with van der Waals surface area (Å²) >= 11 is 2.29. The molecular formula is C27H33IN4O4Si. The van der Waals surface area contributed by atoms with E-state index in [0.29, 0.717) is 25.9 Å². The Morgan fingerprint density at radius 1 is 1.19 bits per heavy atom. The van der Waals surface area contributed by atoms with Crippen molar-refractivity contribution in [2.45, 2.75) is 63.2 Å². The number of rotatable bonds is 8. The third kappa shape index (κ3) is 4.78. The quantitative estimate of drug-likeness (QED) is 0.289. The van der Waals surface area contributed by atoms with Crippen LogP contribution in [-0.4, -0.2) is 51.8 Å². The summed E-state index contributed by atoms with van der Waals surface area (Å²) in [6, 6.07) is 16.1. The van der Waals surface area contributed by atoms with Crippen LogP contribution in [0.3, 0.4) is 0 Å². The van der Waals surface area contributed by atoms with E-state index in [9.17, 15) is 14.7 Å². The molecule has 0 aliphatic carbocycles. The van der Waals surface area contributed by atoms with Crippen LogP contribution >= 0.6 is 22.6 Å². The van der Waals surface area contributed by atoms with Crippen molar-refractivity contribution in [2.24, 2.45) is 5.92 Å². The zero-order valence-corrected chi connectivity index (χ0v) is 24.5. The zero-order chi connectivity index (χ0) is 26.4. The number of aromatic nitrogens is 3. The molecule has 5 rings (SSSR count). The zero-order valence-electron chi connectivity index (χ0n) is 21.3. The molecule has 2 aliphatic rings. The summed E-state index contributed by atoms with van der Waals surface area (Å²) in [6.45, 7) is 6.98. The van der Waals surface area contributed by atoms with Crippen molar-refractivity contribution < 1.29 is 19.4 Å². The van der Waals surface area contributed by atoms with Gasteiger partial charge in [0.15, 0.2) is 13.9 Å². The first kappa shape index (κ1) is 26.5. The standard InChI is InChI=1S/C27H33IN4O4Si/c1-18-25(37(2,3)35)24(11-13-31-17-21(12-14-33)29-30-31)36-27(18)22-9-4-5-10-23(22)32(26(27)34)16-19-7-6-8-20(28)15-19/h4-10,15,17-18,24-25,33,35H,11-14,16H2,1-3H3/t18-,24+,25-,27+/m1/s1. The van der Waals surface area contributed by atoms with Crippen molar-refractivity contribution in [3.05, 3.63) is 75.1 Å². The Hall–Kier alpha value is -2.12. The summed E-state index contributed by atoms with van der Waals surface area (Å²) in [6.07, 6.45) is 2.59. The lowest BCUT2D eigenvalue weighted by molar-refractivity contribution is -0.146. The number of nitrogens with zero attached hydrogens (tertiary/aromatic N) is 4. The van der Waals surface area contributed by atoms with E-state index in [1.807, 2.05) is 66.7 Å². The number of aryl methyl sites for hydroxylation is 1. The van der Waals surface area contributed by atoms with Gasteiger partial charge in [-0.1, -0.05) is 42.5 Å². The van der Waals surface area contributed by atoms with Gasteiger partial charge in [0.05, 0.1) is 24.0 Å². The Labute approximate surface area is 231 Å². The minimum atomic E-state index is -2.72. The third-order valence-corrected chi connectivity index (χ3v) is 10.9. The van der Waals surface area contributed by atoms with E-state index in [1.165, 1.54) is 0 Å². The molecule has 2 aliphatic heterocycles. The normalized spacial score (nSPS) is 25.3. The average molecular weight is 633 g/mol. The molecule has 0 saturated carbocycles. The Balaban J connectivity index is 1.48. The number of carbonyl (C=O) groups excluding carboxylic acids is 1. The molecule has 3 aromatic rings. The summed E-state index contributed by atoms with van der Waals surface area (Å²) in [5.74, 6) is -0.253. The molecule has 37 heavy (non-hydrogen) atoms. The average Bonchev–Trinajstić information content (AvgIpc) is 3.49. The van der Waals surface area contributed by atoms with Crippen molar-refractivity contribution in [3.8, 4) is 0 Å². The van der Waals surface area contributed by atoms with Gasteiger partial charge in [-0.05, 0) is 65.9 Å². The van der Waals surface area contributed by atoms with Crippen molar-refractivity contribution in [1.82, 2.24) is 15.0 Å². The van der Waals surface area contributed by atoms with Gasteiger partial charge in [0, 0.05) is 46.4 Å². The predicted octanol–water partition coefficient (Wildman–Crippen LogP) is 3.85.